The molecule has 90 valence electrons. The molecule has 16 heavy (non-hydrogen) atoms. The van der Waals surface area contributed by atoms with Gasteiger partial charge in [0.25, 0.3) is 0 Å². The molecule has 0 aliphatic heterocycles. The Bertz CT molecular complexity index is 339. The standard InChI is InChI=1S/C13H20FNO/c1-9(2)11(8-15)6-10-7-12(14)4-5-13(10)16-3/h4-5,7,9,11H,6,8,15H2,1-3H3. The van der Waals surface area contributed by atoms with Gasteiger partial charge in [-0.25, -0.2) is 4.39 Å². The van der Waals surface area contributed by atoms with E-state index in [1.165, 1.54) is 12.1 Å². The second-order valence-corrected chi connectivity index (χ2v) is 4.40. The second kappa shape index (κ2) is 5.85. The van der Waals surface area contributed by atoms with Gasteiger partial charge in [-0.2, -0.15) is 0 Å². The van der Waals surface area contributed by atoms with Gasteiger partial charge in [-0.3, -0.25) is 0 Å². The molecule has 0 aliphatic carbocycles. The monoisotopic (exact) mass is 225 g/mol. The Morgan fingerprint density at radius 3 is 2.56 bits per heavy atom. The molecular formula is C13H20FNO. The quantitative estimate of drug-likeness (QED) is 0.836. The Balaban J connectivity index is 2.89. The zero-order valence-corrected chi connectivity index (χ0v) is 10.2. The summed E-state index contributed by atoms with van der Waals surface area (Å²) in [6.45, 7) is 4.87. The van der Waals surface area contributed by atoms with Crippen molar-refractivity contribution in [3.8, 4) is 5.75 Å². The molecule has 0 amide bonds. The lowest BCUT2D eigenvalue weighted by Gasteiger charge is -2.20. The van der Waals surface area contributed by atoms with Crippen molar-refractivity contribution in [3.05, 3.63) is 29.6 Å². The first-order valence-corrected chi connectivity index (χ1v) is 5.61. The number of rotatable bonds is 5. The van der Waals surface area contributed by atoms with Crippen molar-refractivity contribution in [1.29, 1.82) is 0 Å². The molecule has 0 radical (unpaired) electrons. The zero-order chi connectivity index (χ0) is 12.1. The number of hydrogen-bond acceptors (Lipinski definition) is 2. The van der Waals surface area contributed by atoms with E-state index in [-0.39, 0.29) is 5.82 Å². The predicted octanol–water partition coefficient (Wildman–Crippen LogP) is 2.61. The summed E-state index contributed by atoms with van der Waals surface area (Å²) in [5, 5.41) is 0. The van der Waals surface area contributed by atoms with Crippen LogP contribution < -0.4 is 10.5 Å². The first-order valence-electron chi connectivity index (χ1n) is 5.61. The Morgan fingerprint density at radius 2 is 2.06 bits per heavy atom. The minimum absolute atomic E-state index is 0.227. The van der Waals surface area contributed by atoms with E-state index in [1.807, 2.05) is 0 Å². The fourth-order valence-electron chi connectivity index (χ4n) is 1.78. The maximum atomic E-state index is 13.2. The van der Waals surface area contributed by atoms with E-state index >= 15 is 0 Å². The first-order chi connectivity index (χ1) is 7.58. The van der Waals surface area contributed by atoms with Crippen molar-refractivity contribution in [2.24, 2.45) is 17.6 Å². The van der Waals surface area contributed by atoms with E-state index in [0.717, 1.165) is 17.7 Å². The van der Waals surface area contributed by atoms with Gasteiger partial charge >= 0.3 is 0 Å². The Kier molecular flexibility index (Phi) is 4.74. The molecule has 0 fully saturated rings. The number of nitrogens with two attached hydrogens (primary N) is 1. The molecule has 3 heteroatoms. The Hall–Kier alpha value is -1.09. The van der Waals surface area contributed by atoms with Crippen LogP contribution in [0.4, 0.5) is 4.39 Å². The van der Waals surface area contributed by atoms with Crippen LogP contribution in [0.25, 0.3) is 0 Å². The third-order valence-electron chi connectivity index (χ3n) is 2.97. The van der Waals surface area contributed by atoms with Crippen LogP contribution in [0.15, 0.2) is 18.2 Å². The Labute approximate surface area is 96.6 Å². The van der Waals surface area contributed by atoms with E-state index in [9.17, 15) is 4.39 Å². The molecule has 2 nitrogen and oxygen atoms in total. The smallest absolute Gasteiger partial charge is 0.123 e. The third-order valence-corrected chi connectivity index (χ3v) is 2.97. The van der Waals surface area contributed by atoms with Crippen LogP contribution in [0.5, 0.6) is 5.75 Å². The summed E-state index contributed by atoms with van der Waals surface area (Å²) in [6, 6.07) is 4.61. The SMILES string of the molecule is COc1ccc(F)cc1CC(CN)C(C)C. The minimum Gasteiger partial charge on any atom is -0.496 e. The molecule has 1 unspecified atom stereocenters. The van der Waals surface area contributed by atoms with E-state index < -0.39 is 0 Å². The van der Waals surface area contributed by atoms with E-state index in [0.29, 0.717) is 18.4 Å². The maximum Gasteiger partial charge on any atom is 0.123 e. The average Bonchev–Trinajstić information content (AvgIpc) is 2.25. The molecule has 0 saturated heterocycles. The van der Waals surface area contributed by atoms with Crippen molar-refractivity contribution in [3.63, 3.8) is 0 Å². The molecule has 0 saturated carbocycles. The number of benzene rings is 1. The lowest BCUT2D eigenvalue weighted by atomic mass is 9.89. The summed E-state index contributed by atoms with van der Waals surface area (Å²) in [5.74, 6) is 1.35. The molecule has 1 aromatic carbocycles. The molecule has 0 spiro atoms. The molecule has 1 rings (SSSR count). The van der Waals surface area contributed by atoms with Gasteiger partial charge in [-0.05, 0) is 48.6 Å². The van der Waals surface area contributed by atoms with Crippen LogP contribution in [0.3, 0.4) is 0 Å². The average molecular weight is 225 g/mol. The van der Waals surface area contributed by atoms with Crippen LogP contribution in [-0.2, 0) is 6.42 Å². The third kappa shape index (κ3) is 3.20. The maximum absolute atomic E-state index is 13.2. The highest BCUT2D eigenvalue weighted by Crippen LogP contribution is 2.24. The van der Waals surface area contributed by atoms with Gasteiger partial charge in [-0.1, -0.05) is 13.8 Å². The zero-order valence-electron chi connectivity index (χ0n) is 10.2. The summed E-state index contributed by atoms with van der Waals surface area (Å²) in [5.41, 5.74) is 6.61. The normalized spacial score (nSPS) is 12.9. The van der Waals surface area contributed by atoms with E-state index in [2.05, 4.69) is 13.8 Å². The van der Waals surface area contributed by atoms with Gasteiger partial charge < -0.3 is 10.5 Å². The molecule has 1 aromatic rings. The largest absolute Gasteiger partial charge is 0.496 e. The summed E-state index contributed by atoms with van der Waals surface area (Å²) < 4.78 is 18.4. The van der Waals surface area contributed by atoms with Gasteiger partial charge in [0.15, 0.2) is 0 Å². The number of hydrogen-bond donors (Lipinski definition) is 1. The van der Waals surface area contributed by atoms with Crippen molar-refractivity contribution >= 4 is 0 Å². The molecule has 1 atom stereocenters. The van der Waals surface area contributed by atoms with Crippen LogP contribution >= 0.6 is 0 Å². The lowest BCUT2D eigenvalue weighted by Crippen LogP contribution is -2.22. The summed E-state index contributed by atoms with van der Waals surface area (Å²) >= 11 is 0. The van der Waals surface area contributed by atoms with Crippen molar-refractivity contribution in [1.82, 2.24) is 0 Å². The van der Waals surface area contributed by atoms with Crippen LogP contribution in [-0.4, -0.2) is 13.7 Å². The second-order valence-electron chi connectivity index (χ2n) is 4.40. The lowest BCUT2D eigenvalue weighted by molar-refractivity contribution is 0.372. The predicted molar refractivity (Wildman–Crippen MR) is 64.0 cm³/mol. The highest BCUT2D eigenvalue weighted by Gasteiger charge is 2.15. The molecule has 0 bridgehead atoms. The molecule has 0 aliphatic rings. The number of ether oxygens (including phenoxy) is 1. The molecular weight excluding hydrogens is 205 g/mol. The van der Waals surface area contributed by atoms with Crippen LogP contribution in [0, 0.1) is 17.7 Å². The molecule has 2 N–H and O–H groups in total. The van der Waals surface area contributed by atoms with E-state index in [4.69, 9.17) is 10.5 Å². The topological polar surface area (TPSA) is 35.2 Å². The van der Waals surface area contributed by atoms with Gasteiger partial charge in [0.2, 0.25) is 0 Å². The fraction of sp³-hybridized carbons (Fsp3) is 0.538. The summed E-state index contributed by atoms with van der Waals surface area (Å²) in [4.78, 5) is 0. The molecule has 0 heterocycles. The van der Waals surface area contributed by atoms with Crippen LogP contribution in [0.1, 0.15) is 19.4 Å². The fourth-order valence-corrected chi connectivity index (χ4v) is 1.78. The highest BCUT2D eigenvalue weighted by molar-refractivity contribution is 5.34. The Morgan fingerprint density at radius 1 is 1.38 bits per heavy atom. The first kappa shape index (κ1) is 13.0. The van der Waals surface area contributed by atoms with Crippen molar-refractivity contribution in [2.75, 3.05) is 13.7 Å². The van der Waals surface area contributed by atoms with Gasteiger partial charge in [0, 0.05) is 0 Å². The number of methoxy groups -OCH3 is 1. The molecule has 0 aromatic heterocycles. The number of halogens is 1. The van der Waals surface area contributed by atoms with Gasteiger partial charge in [0.1, 0.15) is 11.6 Å². The minimum atomic E-state index is -0.227. The summed E-state index contributed by atoms with van der Waals surface area (Å²) in [7, 11) is 1.60. The van der Waals surface area contributed by atoms with Gasteiger partial charge in [-0.15, -0.1) is 0 Å². The highest BCUT2D eigenvalue weighted by atomic mass is 19.1. The van der Waals surface area contributed by atoms with Crippen molar-refractivity contribution in [2.45, 2.75) is 20.3 Å². The van der Waals surface area contributed by atoms with Crippen LogP contribution in [0.2, 0.25) is 0 Å². The van der Waals surface area contributed by atoms with Gasteiger partial charge in [0.05, 0.1) is 7.11 Å². The van der Waals surface area contributed by atoms with Crippen molar-refractivity contribution < 1.29 is 9.13 Å². The summed E-state index contributed by atoms with van der Waals surface area (Å²) in [6.07, 6.45) is 0.759. The van der Waals surface area contributed by atoms with E-state index in [1.54, 1.807) is 13.2 Å².